The first-order valence-electron chi connectivity index (χ1n) is 4.67. The van der Waals surface area contributed by atoms with Crippen LogP contribution in [0.15, 0.2) is 12.1 Å². The topological polar surface area (TPSA) is 66.5 Å². The number of phenolic OH excluding ortho intramolecular Hbond substituents is 1. The van der Waals surface area contributed by atoms with Gasteiger partial charge in [-0.3, -0.25) is 0 Å². The fourth-order valence-electron chi connectivity index (χ4n) is 1.72. The van der Waals surface area contributed by atoms with Crippen molar-refractivity contribution in [3.8, 4) is 5.75 Å². The molecule has 0 saturated carbocycles. The minimum atomic E-state index is -0.586. The van der Waals surface area contributed by atoms with Crippen molar-refractivity contribution in [2.75, 3.05) is 0 Å². The molecule has 0 fully saturated rings. The van der Waals surface area contributed by atoms with E-state index < -0.39 is 12.1 Å². The number of aromatic hydroxyl groups is 1. The van der Waals surface area contributed by atoms with Crippen molar-refractivity contribution in [1.29, 1.82) is 0 Å². The third-order valence-electron chi connectivity index (χ3n) is 2.43. The Labute approximate surface area is 84.2 Å². The summed E-state index contributed by atoms with van der Waals surface area (Å²) in [5, 5.41) is 18.7. The normalized spacial score (nSPS) is 15.2. The molecule has 0 aliphatic carbocycles. The average molecular weight is 195 g/mol. The molecule has 0 radical (unpaired) electrons. The molecule has 0 saturated heterocycles. The summed E-state index contributed by atoms with van der Waals surface area (Å²) in [4.78, 5) is 0. The van der Waals surface area contributed by atoms with Gasteiger partial charge in [0.05, 0.1) is 12.1 Å². The van der Waals surface area contributed by atoms with Gasteiger partial charge in [-0.05, 0) is 49.6 Å². The molecule has 78 valence electrons. The largest absolute Gasteiger partial charge is 0.508 e. The Bertz CT molecular complexity index is 311. The molecule has 3 heteroatoms. The maximum Gasteiger partial charge on any atom is 0.116 e. The van der Waals surface area contributed by atoms with E-state index in [4.69, 9.17) is 5.73 Å². The van der Waals surface area contributed by atoms with E-state index in [1.165, 1.54) is 0 Å². The number of nitrogens with two attached hydrogens (primary N) is 1. The second kappa shape index (κ2) is 3.98. The molecule has 2 atom stereocenters. The molecular formula is C11H17NO2. The Morgan fingerprint density at radius 3 is 2.00 bits per heavy atom. The summed E-state index contributed by atoms with van der Waals surface area (Å²) in [5.74, 6) is 0.238. The Kier molecular flexibility index (Phi) is 3.13. The Morgan fingerprint density at radius 2 is 1.64 bits per heavy atom. The van der Waals surface area contributed by atoms with Gasteiger partial charge in [0.15, 0.2) is 0 Å². The molecule has 0 spiro atoms. The molecule has 0 unspecified atom stereocenters. The fourth-order valence-corrected chi connectivity index (χ4v) is 1.72. The first-order valence-corrected chi connectivity index (χ1v) is 4.67. The van der Waals surface area contributed by atoms with Gasteiger partial charge in [0.25, 0.3) is 0 Å². The van der Waals surface area contributed by atoms with Crippen LogP contribution in [0.3, 0.4) is 0 Å². The zero-order chi connectivity index (χ0) is 10.9. The number of hydrogen-bond donors (Lipinski definition) is 3. The predicted octanol–water partition coefficient (Wildman–Crippen LogP) is 1.39. The van der Waals surface area contributed by atoms with Crippen LogP contribution < -0.4 is 5.73 Å². The zero-order valence-electron chi connectivity index (χ0n) is 8.78. The number of hydrogen-bond acceptors (Lipinski definition) is 3. The number of rotatable bonds is 2. The minimum absolute atomic E-state index is 0.238. The maximum atomic E-state index is 9.41. The summed E-state index contributed by atoms with van der Waals surface area (Å²) in [5.41, 5.74) is 8.60. The lowest BCUT2D eigenvalue weighted by atomic mass is 9.93. The summed E-state index contributed by atoms with van der Waals surface area (Å²) in [6, 6.07) is 2.92. The molecule has 1 rings (SSSR count). The molecule has 4 N–H and O–H groups in total. The van der Waals surface area contributed by atoms with E-state index in [9.17, 15) is 10.2 Å². The van der Waals surface area contributed by atoms with E-state index in [2.05, 4.69) is 0 Å². The van der Waals surface area contributed by atoms with Gasteiger partial charge in [-0.25, -0.2) is 0 Å². The third kappa shape index (κ3) is 2.05. The van der Waals surface area contributed by atoms with Gasteiger partial charge in [0, 0.05) is 0 Å². The van der Waals surface area contributed by atoms with Gasteiger partial charge in [0.2, 0.25) is 0 Å². The van der Waals surface area contributed by atoms with Gasteiger partial charge < -0.3 is 15.9 Å². The van der Waals surface area contributed by atoms with Crippen LogP contribution in [-0.2, 0) is 0 Å². The highest BCUT2D eigenvalue weighted by Crippen LogP contribution is 2.26. The predicted molar refractivity (Wildman–Crippen MR) is 56.2 cm³/mol. The number of benzene rings is 1. The summed E-state index contributed by atoms with van der Waals surface area (Å²) in [7, 11) is 0. The molecule has 14 heavy (non-hydrogen) atoms. The van der Waals surface area contributed by atoms with Gasteiger partial charge in [-0.2, -0.15) is 0 Å². The van der Waals surface area contributed by atoms with E-state index in [0.29, 0.717) is 0 Å². The molecule has 1 aromatic rings. The van der Waals surface area contributed by atoms with Crippen LogP contribution in [0.5, 0.6) is 5.75 Å². The average Bonchev–Trinajstić information content (AvgIpc) is 2.01. The van der Waals surface area contributed by atoms with Crippen LogP contribution in [0.1, 0.15) is 29.7 Å². The Hall–Kier alpha value is -1.06. The van der Waals surface area contributed by atoms with Crippen LogP contribution in [-0.4, -0.2) is 16.3 Å². The molecule has 3 nitrogen and oxygen atoms in total. The molecule has 0 aliphatic rings. The molecular weight excluding hydrogens is 178 g/mol. The molecule has 1 aromatic carbocycles. The first kappa shape index (κ1) is 11.0. The summed E-state index contributed by atoms with van der Waals surface area (Å²) in [6.07, 6.45) is -0.586. The SMILES string of the molecule is Cc1cc(O)cc(C)c1[C@H](N)[C@H](C)O. The Morgan fingerprint density at radius 1 is 1.21 bits per heavy atom. The van der Waals surface area contributed by atoms with Crippen molar-refractivity contribution in [2.24, 2.45) is 5.73 Å². The van der Waals surface area contributed by atoms with E-state index in [1.54, 1.807) is 19.1 Å². The number of aliphatic hydroxyl groups excluding tert-OH is 1. The van der Waals surface area contributed by atoms with Crippen molar-refractivity contribution in [3.63, 3.8) is 0 Å². The quantitative estimate of drug-likeness (QED) is 0.668. The van der Waals surface area contributed by atoms with Crippen LogP contribution >= 0.6 is 0 Å². The molecule has 0 bridgehead atoms. The molecule has 0 amide bonds. The lowest BCUT2D eigenvalue weighted by Crippen LogP contribution is -2.24. The standard InChI is InChI=1S/C11H17NO2/c1-6-4-9(14)5-7(2)10(6)11(12)8(3)13/h4-5,8,11,13-14H,12H2,1-3H3/t8-,11+/m0/s1. The van der Waals surface area contributed by atoms with Gasteiger partial charge in [0.1, 0.15) is 5.75 Å². The van der Waals surface area contributed by atoms with Crippen molar-refractivity contribution in [3.05, 3.63) is 28.8 Å². The third-order valence-corrected chi connectivity index (χ3v) is 2.43. The molecule has 0 aromatic heterocycles. The summed E-state index contributed by atoms with van der Waals surface area (Å²) in [6.45, 7) is 5.42. The highest BCUT2D eigenvalue weighted by Gasteiger charge is 2.17. The number of phenols is 1. The van der Waals surface area contributed by atoms with E-state index in [-0.39, 0.29) is 5.75 Å². The van der Waals surface area contributed by atoms with Crippen molar-refractivity contribution in [2.45, 2.75) is 32.9 Å². The van der Waals surface area contributed by atoms with Gasteiger partial charge >= 0.3 is 0 Å². The summed E-state index contributed by atoms with van der Waals surface area (Å²) < 4.78 is 0. The van der Waals surface area contributed by atoms with E-state index >= 15 is 0 Å². The second-order valence-electron chi connectivity index (χ2n) is 3.76. The second-order valence-corrected chi connectivity index (χ2v) is 3.76. The smallest absolute Gasteiger partial charge is 0.116 e. The van der Waals surface area contributed by atoms with Crippen molar-refractivity contribution >= 4 is 0 Å². The van der Waals surface area contributed by atoms with Crippen LogP contribution in [0, 0.1) is 13.8 Å². The van der Waals surface area contributed by atoms with Crippen LogP contribution in [0.2, 0.25) is 0 Å². The van der Waals surface area contributed by atoms with Crippen molar-refractivity contribution in [1.82, 2.24) is 0 Å². The Balaban J connectivity index is 3.20. The zero-order valence-corrected chi connectivity index (χ0v) is 8.78. The van der Waals surface area contributed by atoms with Gasteiger partial charge in [-0.15, -0.1) is 0 Å². The minimum Gasteiger partial charge on any atom is -0.508 e. The van der Waals surface area contributed by atoms with E-state index in [0.717, 1.165) is 16.7 Å². The lowest BCUT2D eigenvalue weighted by Gasteiger charge is -2.20. The number of aliphatic hydroxyl groups is 1. The van der Waals surface area contributed by atoms with Crippen molar-refractivity contribution < 1.29 is 10.2 Å². The first-order chi connectivity index (χ1) is 6.43. The van der Waals surface area contributed by atoms with Crippen LogP contribution in [0.25, 0.3) is 0 Å². The lowest BCUT2D eigenvalue weighted by molar-refractivity contribution is 0.163. The highest BCUT2D eigenvalue weighted by atomic mass is 16.3. The highest BCUT2D eigenvalue weighted by molar-refractivity contribution is 5.42. The molecule has 0 aliphatic heterocycles. The maximum absolute atomic E-state index is 9.41. The molecule has 0 heterocycles. The number of aryl methyl sites for hydroxylation is 2. The monoisotopic (exact) mass is 195 g/mol. The van der Waals surface area contributed by atoms with Gasteiger partial charge in [-0.1, -0.05) is 0 Å². The van der Waals surface area contributed by atoms with E-state index in [1.807, 2.05) is 13.8 Å². The fraction of sp³-hybridized carbons (Fsp3) is 0.455. The van der Waals surface area contributed by atoms with Crippen LogP contribution in [0.4, 0.5) is 0 Å². The summed E-state index contributed by atoms with van der Waals surface area (Å²) >= 11 is 0.